The molecule has 17 heteroatoms. The molecule has 0 aliphatic heterocycles. The Morgan fingerprint density at radius 2 is 1.44 bits per heavy atom. The molecule has 180 valence electrons. The number of nitro groups is 1. The Kier molecular flexibility index (Phi) is 6.20. The number of carbonyl (C=O) groups is 1. The Morgan fingerprint density at radius 3 is 1.97 bits per heavy atom. The molecule has 0 atom stereocenters. The Balaban J connectivity index is 2.37. The number of non-ortho nitro benzene ring substituents is 1. The van der Waals surface area contributed by atoms with Crippen LogP contribution in [0.25, 0.3) is 10.8 Å². The van der Waals surface area contributed by atoms with Crippen LogP contribution in [0, 0.1) is 10.1 Å². The lowest BCUT2D eigenvalue weighted by Gasteiger charge is -2.15. The lowest BCUT2D eigenvalue weighted by molar-refractivity contribution is -0.384. The van der Waals surface area contributed by atoms with Crippen molar-refractivity contribution < 1.29 is 48.6 Å². The van der Waals surface area contributed by atoms with Crippen LogP contribution in [-0.2, 0) is 30.4 Å². The van der Waals surface area contributed by atoms with Crippen LogP contribution < -0.4 is 5.32 Å². The lowest BCUT2D eigenvalue weighted by Crippen LogP contribution is -2.14. The second kappa shape index (κ2) is 8.38. The van der Waals surface area contributed by atoms with Gasteiger partial charge >= 0.3 is 0 Å². The molecular weight excluding hydrogens is 520 g/mol. The minimum Gasteiger partial charge on any atom is -0.321 e. The summed E-state index contributed by atoms with van der Waals surface area (Å²) in [6.07, 6.45) is 0. The van der Waals surface area contributed by atoms with E-state index in [1.807, 2.05) is 0 Å². The van der Waals surface area contributed by atoms with Crippen molar-refractivity contribution in [2.75, 3.05) is 5.32 Å². The number of hydrogen-bond acceptors (Lipinski definition) is 9. The molecule has 0 fully saturated rings. The second-order valence-corrected chi connectivity index (χ2v) is 10.8. The maximum absolute atomic E-state index is 12.7. The fourth-order valence-corrected chi connectivity index (χ4v) is 5.07. The monoisotopic (exact) mass is 532 g/mol. The van der Waals surface area contributed by atoms with Gasteiger partial charge in [0.15, 0.2) is 0 Å². The summed E-state index contributed by atoms with van der Waals surface area (Å²) in [5.74, 6) is -1.02. The van der Waals surface area contributed by atoms with Crippen LogP contribution in [0.5, 0.6) is 0 Å². The summed E-state index contributed by atoms with van der Waals surface area (Å²) >= 11 is 0. The highest BCUT2D eigenvalue weighted by Gasteiger charge is 2.27. The summed E-state index contributed by atoms with van der Waals surface area (Å²) in [5.41, 5.74) is -1.19. The van der Waals surface area contributed by atoms with Gasteiger partial charge in [-0.15, -0.1) is 0 Å². The average Bonchev–Trinajstić information content (AvgIpc) is 2.70. The third kappa shape index (κ3) is 5.03. The number of anilines is 1. The molecule has 4 N–H and O–H groups in total. The molecule has 0 aliphatic rings. The molecule has 34 heavy (non-hydrogen) atoms. The van der Waals surface area contributed by atoms with Crippen LogP contribution in [0.15, 0.2) is 63.2 Å². The zero-order valence-corrected chi connectivity index (χ0v) is 18.8. The summed E-state index contributed by atoms with van der Waals surface area (Å²) in [6, 6.07) is 6.70. The second-order valence-electron chi connectivity index (χ2n) is 6.64. The van der Waals surface area contributed by atoms with Gasteiger partial charge in [-0.1, -0.05) is 6.07 Å². The Morgan fingerprint density at radius 1 is 0.824 bits per heavy atom. The quantitative estimate of drug-likeness (QED) is 0.202. The molecule has 0 saturated heterocycles. The molecule has 1 amide bonds. The smallest absolute Gasteiger partial charge is 0.295 e. The highest BCUT2D eigenvalue weighted by atomic mass is 32.2. The minimum absolute atomic E-state index is 0.260. The van der Waals surface area contributed by atoms with Crippen LogP contribution >= 0.6 is 0 Å². The highest BCUT2D eigenvalue weighted by Crippen LogP contribution is 2.37. The molecule has 0 heterocycles. The third-order valence-electron chi connectivity index (χ3n) is 4.43. The van der Waals surface area contributed by atoms with Gasteiger partial charge in [0.2, 0.25) is 0 Å². The SMILES string of the molecule is O=C(Nc1ccc(S(=O)(=O)O)c2cc(S(=O)(=O)O)cc(S(=O)(=O)O)c12)c1cccc([N+](=O)[O-])c1. The van der Waals surface area contributed by atoms with E-state index in [1.54, 1.807) is 0 Å². The zero-order chi connectivity index (χ0) is 25.6. The van der Waals surface area contributed by atoms with E-state index in [1.165, 1.54) is 12.1 Å². The van der Waals surface area contributed by atoms with Gasteiger partial charge in [0, 0.05) is 28.5 Å². The molecule has 0 radical (unpaired) electrons. The fourth-order valence-electron chi connectivity index (χ4n) is 3.03. The summed E-state index contributed by atoms with van der Waals surface area (Å²) in [4.78, 5) is 19.4. The molecule has 3 aromatic carbocycles. The first kappa shape index (κ1) is 25.1. The normalized spacial score (nSPS) is 12.4. The lowest BCUT2D eigenvalue weighted by atomic mass is 10.1. The van der Waals surface area contributed by atoms with Crippen molar-refractivity contribution in [3.8, 4) is 0 Å². The number of hydrogen-bond donors (Lipinski definition) is 4. The van der Waals surface area contributed by atoms with Gasteiger partial charge in [0.05, 0.1) is 15.5 Å². The number of nitrogens with one attached hydrogen (secondary N) is 1. The van der Waals surface area contributed by atoms with Crippen LogP contribution in [0.4, 0.5) is 11.4 Å². The highest BCUT2D eigenvalue weighted by molar-refractivity contribution is 7.87. The van der Waals surface area contributed by atoms with Crippen LogP contribution in [0.1, 0.15) is 10.4 Å². The number of nitrogens with zero attached hydrogens (tertiary/aromatic N) is 1. The summed E-state index contributed by atoms with van der Waals surface area (Å²) in [5, 5.41) is 11.6. The van der Waals surface area contributed by atoms with Crippen LogP contribution in [-0.4, -0.2) is 49.7 Å². The van der Waals surface area contributed by atoms with Crippen molar-refractivity contribution in [2.24, 2.45) is 0 Å². The molecule has 0 unspecified atom stereocenters. The number of fused-ring (bicyclic) bond motifs is 1. The zero-order valence-electron chi connectivity index (χ0n) is 16.3. The van der Waals surface area contributed by atoms with Crippen molar-refractivity contribution in [2.45, 2.75) is 14.7 Å². The molecule has 0 spiro atoms. The molecular formula is C17H12N2O12S3. The first-order chi connectivity index (χ1) is 15.5. The largest absolute Gasteiger partial charge is 0.321 e. The van der Waals surface area contributed by atoms with Gasteiger partial charge in [-0.2, -0.15) is 25.3 Å². The van der Waals surface area contributed by atoms with Gasteiger partial charge in [0.25, 0.3) is 41.9 Å². The predicted molar refractivity (Wildman–Crippen MR) is 114 cm³/mol. The van der Waals surface area contributed by atoms with E-state index in [9.17, 15) is 53.8 Å². The number of amides is 1. The van der Waals surface area contributed by atoms with E-state index in [0.717, 1.165) is 18.2 Å². The van der Waals surface area contributed by atoms with E-state index in [4.69, 9.17) is 0 Å². The first-order valence-corrected chi connectivity index (χ1v) is 12.9. The molecule has 3 aromatic rings. The van der Waals surface area contributed by atoms with E-state index < -0.39 is 78.0 Å². The Bertz CT molecular complexity index is 1700. The van der Waals surface area contributed by atoms with Crippen molar-refractivity contribution >= 4 is 58.4 Å². The summed E-state index contributed by atoms with van der Waals surface area (Å²) in [6.45, 7) is 0. The van der Waals surface area contributed by atoms with Gasteiger partial charge < -0.3 is 5.32 Å². The van der Waals surface area contributed by atoms with Crippen molar-refractivity contribution in [1.82, 2.24) is 0 Å². The molecule has 14 nitrogen and oxygen atoms in total. The van der Waals surface area contributed by atoms with Crippen LogP contribution in [0.3, 0.4) is 0 Å². The van der Waals surface area contributed by atoms with E-state index in [0.29, 0.717) is 18.2 Å². The first-order valence-electron chi connectivity index (χ1n) is 8.59. The van der Waals surface area contributed by atoms with Crippen molar-refractivity contribution in [3.63, 3.8) is 0 Å². The molecule has 3 rings (SSSR count). The number of rotatable bonds is 6. The van der Waals surface area contributed by atoms with Gasteiger partial charge in [-0.3, -0.25) is 28.6 Å². The molecule has 0 aromatic heterocycles. The van der Waals surface area contributed by atoms with Crippen molar-refractivity contribution in [1.29, 1.82) is 0 Å². The van der Waals surface area contributed by atoms with Crippen molar-refractivity contribution in [3.05, 3.63) is 64.2 Å². The maximum Gasteiger partial charge on any atom is 0.295 e. The predicted octanol–water partition coefficient (Wildman–Crippen LogP) is 1.74. The standard InChI is InChI=1S/C17H12N2O12S3/c20-17(9-2-1-3-10(6-9)19(21)22)18-13-4-5-14(33(26,27)28)12-7-11(32(23,24)25)8-15(16(12)13)34(29,30)31/h1-8H,(H,18,20)(H,23,24,25)(H,26,27,28)(H,29,30,31). The van der Waals surface area contributed by atoms with Gasteiger partial charge in [-0.05, 0) is 30.3 Å². The Hall–Kier alpha value is -3.48. The third-order valence-corrected chi connectivity index (χ3v) is 7.05. The molecule has 0 bridgehead atoms. The Labute approximate surface area is 191 Å². The fraction of sp³-hybridized carbons (Fsp3) is 0. The van der Waals surface area contributed by atoms with E-state index in [2.05, 4.69) is 5.32 Å². The van der Waals surface area contributed by atoms with Gasteiger partial charge in [0.1, 0.15) is 9.79 Å². The summed E-state index contributed by atoms with van der Waals surface area (Å²) < 4.78 is 99.3. The molecule has 0 aliphatic carbocycles. The maximum atomic E-state index is 12.7. The number of benzene rings is 3. The molecule has 0 saturated carbocycles. The number of carbonyl (C=O) groups excluding carboxylic acids is 1. The summed E-state index contributed by atoms with van der Waals surface area (Å²) in [7, 11) is -15.5. The van der Waals surface area contributed by atoms with E-state index in [-0.39, 0.29) is 5.56 Å². The average molecular weight is 532 g/mol. The van der Waals surface area contributed by atoms with E-state index >= 15 is 0 Å². The van der Waals surface area contributed by atoms with Gasteiger partial charge in [-0.25, -0.2) is 0 Å². The topological polar surface area (TPSA) is 235 Å². The number of nitro benzene ring substituents is 1. The van der Waals surface area contributed by atoms with Crippen LogP contribution in [0.2, 0.25) is 0 Å². The minimum atomic E-state index is -5.31.